The van der Waals surface area contributed by atoms with Gasteiger partial charge in [-0.05, 0) is 71.8 Å². The monoisotopic (exact) mass is 618 g/mol. The number of rotatable bonds is 3. The highest BCUT2D eigenvalue weighted by molar-refractivity contribution is 6.17. The molecule has 0 N–H and O–H groups in total. The Hall–Kier alpha value is -6.69. The molecule has 226 valence electrons. The minimum absolute atomic E-state index is 0. The van der Waals surface area contributed by atoms with Crippen LogP contribution >= 0.6 is 0 Å². The molecular weight excluding hydrogens is 600 g/mol. The highest BCUT2D eigenvalue weighted by atomic mass is 16.6. The summed E-state index contributed by atoms with van der Waals surface area (Å²) in [6.07, 6.45) is 0. The number of hydrogen-bond donors (Lipinski definition) is 0. The van der Waals surface area contributed by atoms with E-state index in [1.165, 1.54) is 42.5 Å². The van der Waals surface area contributed by atoms with Gasteiger partial charge < -0.3 is 23.7 Å². The predicted molar refractivity (Wildman–Crippen MR) is 155 cm³/mol. The van der Waals surface area contributed by atoms with E-state index in [1.807, 2.05) is 0 Å². The number of esters is 7. The lowest BCUT2D eigenvalue weighted by Gasteiger charge is -2.07. The van der Waals surface area contributed by atoms with Gasteiger partial charge in [-0.15, -0.1) is 0 Å². The molecule has 12 heteroatoms. The van der Waals surface area contributed by atoms with Crippen LogP contribution in [0.15, 0.2) is 79.4 Å². The number of benzene rings is 4. The lowest BCUT2D eigenvalue weighted by atomic mass is 9.97. The zero-order valence-corrected chi connectivity index (χ0v) is 22.5. The van der Waals surface area contributed by atoms with Crippen LogP contribution in [-0.2, 0) is 18.9 Å². The third-order valence-corrected chi connectivity index (χ3v) is 7.20. The van der Waals surface area contributed by atoms with Crippen LogP contribution < -0.4 is 4.74 Å². The van der Waals surface area contributed by atoms with Crippen LogP contribution in [-0.4, -0.2) is 41.8 Å². The lowest BCUT2D eigenvalue weighted by Crippen LogP contribution is -1.97. The van der Waals surface area contributed by atoms with Gasteiger partial charge in [0.15, 0.2) is 0 Å². The second kappa shape index (κ2) is 10.8. The molecule has 8 rings (SSSR count). The number of ether oxygens (including phenoxy) is 5. The minimum atomic E-state index is -0.704. The summed E-state index contributed by atoms with van der Waals surface area (Å²) < 4.78 is 24.2. The van der Waals surface area contributed by atoms with Crippen LogP contribution in [0, 0.1) is 0 Å². The molecule has 0 unspecified atom stereocenters. The summed E-state index contributed by atoms with van der Waals surface area (Å²) in [5, 5.41) is 0. The van der Waals surface area contributed by atoms with Crippen LogP contribution in [0.2, 0.25) is 0 Å². The lowest BCUT2D eigenvalue weighted by molar-refractivity contribution is 0.0425. The molecule has 0 bridgehead atoms. The Labute approximate surface area is 258 Å². The molecule has 12 nitrogen and oxygen atoms in total. The third kappa shape index (κ3) is 4.79. The summed E-state index contributed by atoms with van der Waals surface area (Å²) in [6, 6.07) is 18.6. The number of carbonyl (C=O) groups is 7. The molecule has 0 aliphatic carbocycles. The quantitative estimate of drug-likeness (QED) is 0.160. The van der Waals surface area contributed by atoms with E-state index in [2.05, 4.69) is 20.8 Å². The Morgan fingerprint density at radius 3 is 1.17 bits per heavy atom. The zero-order chi connectivity index (χ0) is 31.6. The molecule has 46 heavy (non-hydrogen) atoms. The maximum atomic E-state index is 11.7. The third-order valence-electron chi connectivity index (χ3n) is 7.20. The first-order valence-corrected chi connectivity index (χ1v) is 13.0. The summed E-state index contributed by atoms with van der Waals surface area (Å²) in [5.41, 5.74) is 3.38. The van der Waals surface area contributed by atoms with Gasteiger partial charge in [-0.3, -0.25) is 0 Å². The molecule has 4 aromatic carbocycles. The largest absolute Gasteiger partial charge is 0.457 e. The van der Waals surface area contributed by atoms with Crippen molar-refractivity contribution in [1.82, 2.24) is 0 Å². The smallest absolute Gasteiger partial charge is 0.347 e. The van der Waals surface area contributed by atoms with E-state index in [0.717, 1.165) is 0 Å². The van der Waals surface area contributed by atoms with Crippen molar-refractivity contribution in [3.8, 4) is 22.6 Å². The van der Waals surface area contributed by atoms with Crippen molar-refractivity contribution in [2.24, 2.45) is 0 Å². The van der Waals surface area contributed by atoms with Gasteiger partial charge in [-0.2, -0.15) is 0 Å². The zero-order valence-electron chi connectivity index (χ0n) is 22.5. The highest BCUT2D eigenvalue weighted by Gasteiger charge is 2.33. The fourth-order valence-electron chi connectivity index (χ4n) is 5.01. The Morgan fingerprint density at radius 1 is 0.391 bits per heavy atom. The van der Waals surface area contributed by atoms with Crippen LogP contribution in [0.25, 0.3) is 16.9 Å². The van der Waals surface area contributed by atoms with E-state index in [-0.39, 0.29) is 40.8 Å². The van der Waals surface area contributed by atoms with E-state index in [0.29, 0.717) is 39.5 Å². The molecule has 0 aromatic heterocycles. The Morgan fingerprint density at radius 2 is 0.717 bits per heavy atom. The van der Waals surface area contributed by atoms with E-state index < -0.39 is 41.8 Å². The summed E-state index contributed by atoms with van der Waals surface area (Å²) >= 11 is 0. The number of hydrogen-bond acceptors (Lipinski definition) is 12. The Bertz CT molecular complexity index is 1990. The predicted octanol–water partition coefficient (Wildman–Crippen LogP) is 5.54. The van der Waals surface area contributed by atoms with Gasteiger partial charge in [0.2, 0.25) is 0 Å². The number of carbonyl (C=O) groups excluding carboxylic acids is 7. The number of cyclic esters (lactones) is 7. The average Bonchev–Trinajstić information content (AvgIpc) is 3.68. The van der Waals surface area contributed by atoms with Gasteiger partial charge in [-0.25, -0.2) is 33.6 Å². The van der Waals surface area contributed by atoms with E-state index >= 15 is 0 Å². The highest BCUT2D eigenvalue weighted by Crippen LogP contribution is 2.34. The van der Waals surface area contributed by atoms with Crippen molar-refractivity contribution in [2.75, 3.05) is 0 Å². The number of fused-ring (bicyclic) bond motifs is 4. The minimum Gasteiger partial charge on any atom is -0.457 e. The first-order valence-electron chi connectivity index (χ1n) is 13.0. The molecule has 0 fully saturated rings. The maximum Gasteiger partial charge on any atom is 0.347 e. The maximum absolute atomic E-state index is 11.7. The standard InChI is InChI=1S/C17H8O6.C16H6O6.CH4/c1-8-11-4-2-9(6-13(11)16(19)21-8)22-10-3-5-12-14(7-10)17(20)23-15(12)18;17-13-9-3-1-7(5-11(9)15(19)21-13)8-2-4-10-12(6-8)16(20)22-14(10)18;/h2-7H,1H2;1-6H;1H4. The van der Waals surface area contributed by atoms with Gasteiger partial charge in [0.1, 0.15) is 17.3 Å². The van der Waals surface area contributed by atoms with Crippen molar-refractivity contribution < 1.29 is 57.2 Å². The molecule has 4 aromatic rings. The molecule has 0 radical (unpaired) electrons. The van der Waals surface area contributed by atoms with Crippen molar-refractivity contribution in [1.29, 1.82) is 0 Å². The van der Waals surface area contributed by atoms with Crippen molar-refractivity contribution in [3.63, 3.8) is 0 Å². The van der Waals surface area contributed by atoms with Gasteiger partial charge in [-0.1, -0.05) is 26.1 Å². The molecule has 0 saturated carbocycles. The summed E-state index contributed by atoms with van der Waals surface area (Å²) in [7, 11) is 0. The Kier molecular flexibility index (Phi) is 6.89. The summed E-state index contributed by atoms with van der Waals surface area (Å²) in [5.74, 6) is -3.55. The van der Waals surface area contributed by atoms with Crippen molar-refractivity contribution in [2.45, 2.75) is 7.43 Å². The normalized spacial score (nSPS) is 15.0. The van der Waals surface area contributed by atoms with Gasteiger partial charge >= 0.3 is 41.8 Å². The fourth-order valence-corrected chi connectivity index (χ4v) is 5.01. The van der Waals surface area contributed by atoms with Crippen LogP contribution in [0.4, 0.5) is 0 Å². The van der Waals surface area contributed by atoms with E-state index in [4.69, 9.17) is 9.47 Å². The van der Waals surface area contributed by atoms with Gasteiger partial charge in [0.05, 0.1) is 38.9 Å². The van der Waals surface area contributed by atoms with E-state index in [1.54, 1.807) is 30.3 Å². The molecule has 0 atom stereocenters. The summed E-state index contributed by atoms with van der Waals surface area (Å²) in [4.78, 5) is 80.6. The second-order valence-electron chi connectivity index (χ2n) is 9.88. The average molecular weight is 619 g/mol. The SMILES string of the molecule is C.C=C1OC(=O)c2cc(Oc3ccc4c(c3)C(=O)OC4=O)ccc21.O=C1OC(=O)c2cc(-c3ccc4c(c3)C(=O)OC4=O)ccc21. The van der Waals surface area contributed by atoms with Gasteiger partial charge in [0.25, 0.3) is 0 Å². The summed E-state index contributed by atoms with van der Waals surface area (Å²) in [6.45, 7) is 3.65. The second-order valence-corrected chi connectivity index (χ2v) is 9.88. The van der Waals surface area contributed by atoms with E-state index in [9.17, 15) is 33.6 Å². The molecule has 0 amide bonds. The first-order chi connectivity index (χ1) is 21.6. The van der Waals surface area contributed by atoms with Crippen LogP contribution in [0.3, 0.4) is 0 Å². The van der Waals surface area contributed by atoms with Crippen molar-refractivity contribution >= 4 is 47.5 Å². The van der Waals surface area contributed by atoms with Crippen LogP contribution in [0.5, 0.6) is 11.5 Å². The molecule has 4 heterocycles. The Balaban J connectivity index is 0.000000158. The fraction of sp³-hybridized carbons (Fsp3) is 0.0294. The first kappa shape index (κ1) is 29.4. The molecule has 0 spiro atoms. The topological polar surface area (TPSA) is 166 Å². The van der Waals surface area contributed by atoms with Crippen LogP contribution in [0.1, 0.15) is 85.5 Å². The molecule has 4 aliphatic rings. The molecular formula is C34H18O12. The molecule has 0 saturated heterocycles. The molecule has 4 aliphatic heterocycles. The van der Waals surface area contributed by atoms with Gasteiger partial charge in [0, 0.05) is 5.56 Å². The van der Waals surface area contributed by atoms with Crippen molar-refractivity contribution in [3.05, 3.63) is 124 Å².